The maximum Gasteiger partial charge on any atom is 0.189 e. The minimum atomic E-state index is 0.0319. The molecule has 0 fully saturated rings. The molecule has 0 spiro atoms. The van der Waals surface area contributed by atoms with E-state index in [2.05, 4.69) is 4.98 Å². The first-order valence-corrected chi connectivity index (χ1v) is 5.39. The average Bonchev–Trinajstić information content (AvgIpc) is 2.33. The van der Waals surface area contributed by atoms with E-state index < -0.39 is 0 Å². The zero-order valence-electron chi connectivity index (χ0n) is 10.1. The van der Waals surface area contributed by atoms with Crippen molar-refractivity contribution in [2.24, 2.45) is 0 Å². The van der Waals surface area contributed by atoms with Gasteiger partial charge in [-0.1, -0.05) is 13.8 Å². The first-order valence-electron chi connectivity index (χ1n) is 5.39. The van der Waals surface area contributed by atoms with Gasteiger partial charge < -0.3 is 9.72 Å². The monoisotopic (exact) mass is 219 g/mol. The average molecular weight is 219 g/mol. The minimum absolute atomic E-state index is 0.0319. The molecule has 0 aliphatic carbocycles. The minimum Gasteiger partial charge on any atom is -0.496 e. The number of aryl methyl sites for hydroxylation is 1. The van der Waals surface area contributed by atoms with Crippen LogP contribution in [0.3, 0.4) is 0 Å². The van der Waals surface area contributed by atoms with Crippen LogP contribution in [0.4, 0.5) is 0 Å². The summed E-state index contributed by atoms with van der Waals surface area (Å²) in [5.74, 6) is 0.791. The quantitative estimate of drug-likeness (QED) is 0.801. The van der Waals surface area contributed by atoms with Crippen molar-refractivity contribution in [3.05, 3.63) is 40.2 Å². The van der Waals surface area contributed by atoms with Crippen molar-refractivity contribution < 1.29 is 4.74 Å². The molecule has 1 aromatic heterocycles. The summed E-state index contributed by atoms with van der Waals surface area (Å²) in [5, 5.41) is 0.700. The molecule has 3 nitrogen and oxygen atoms in total. The predicted octanol–water partition coefficient (Wildman–Crippen LogP) is 2.87. The number of H-pyrrole nitrogens is 1. The van der Waals surface area contributed by atoms with Crippen LogP contribution in [0.25, 0.3) is 10.9 Å². The molecule has 0 bridgehead atoms. The van der Waals surface area contributed by atoms with Gasteiger partial charge in [-0.3, -0.25) is 4.79 Å². The number of ether oxygens (including phenoxy) is 1. The van der Waals surface area contributed by atoms with Crippen LogP contribution >= 0.6 is 0 Å². The Morgan fingerprint density at radius 1 is 1.19 bits per heavy atom. The Balaban J connectivity index is 0.000000606. The van der Waals surface area contributed by atoms with Gasteiger partial charge in [0.05, 0.1) is 12.6 Å². The van der Waals surface area contributed by atoms with Gasteiger partial charge in [0.15, 0.2) is 5.43 Å². The first-order chi connectivity index (χ1) is 7.74. The Bertz CT molecular complexity index is 529. The zero-order chi connectivity index (χ0) is 12.1. The maximum atomic E-state index is 11.5. The summed E-state index contributed by atoms with van der Waals surface area (Å²) < 4.78 is 5.17. The third kappa shape index (κ3) is 2.08. The molecule has 0 aliphatic heterocycles. The third-order valence-corrected chi connectivity index (χ3v) is 2.36. The fraction of sp³-hybridized carbons (Fsp3) is 0.308. The molecule has 1 N–H and O–H groups in total. The van der Waals surface area contributed by atoms with Gasteiger partial charge in [0.2, 0.25) is 0 Å². The van der Waals surface area contributed by atoms with Crippen molar-refractivity contribution in [1.29, 1.82) is 0 Å². The number of hydrogen-bond acceptors (Lipinski definition) is 2. The maximum absolute atomic E-state index is 11.5. The summed E-state index contributed by atoms with van der Waals surface area (Å²) in [5.41, 5.74) is 1.84. The fourth-order valence-electron chi connectivity index (χ4n) is 1.60. The molecule has 2 aromatic rings. The van der Waals surface area contributed by atoms with Gasteiger partial charge in [-0.15, -0.1) is 0 Å². The van der Waals surface area contributed by atoms with Gasteiger partial charge >= 0.3 is 0 Å². The van der Waals surface area contributed by atoms with E-state index in [1.54, 1.807) is 19.4 Å². The summed E-state index contributed by atoms with van der Waals surface area (Å²) in [6.07, 6.45) is 1.65. The Hall–Kier alpha value is -1.77. The number of hydrogen-bond donors (Lipinski definition) is 1. The molecule has 0 unspecified atom stereocenters. The van der Waals surface area contributed by atoms with Gasteiger partial charge in [-0.05, 0) is 19.1 Å². The molecule has 86 valence electrons. The number of aromatic amines is 1. The second-order valence-electron chi connectivity index (χ2n) is 3.16. The third-order valence-electron chi connectivity index (χ3n) is 2.36. The standard InChI is InChI=1S/C11H11NO2.C2H6/c1-7-10(14-2)4-3-8-9(13)5-6-12-11(7)8;1-2/h3-6H,1-2H3,(H,12,13);1-2H3. The molecular weight excluding hydrogens is 202 g/mol. The normalized spacial score (nSPS) is 9.50. The SMILES string of the molecule is CC.COc1ccc2c(=O)cc[nH]c2c1C. The van der Waals surface area contributed by atoms with Crippen molar-refractivity contribution in [1.82, 2.24) is 4.98 Å². The molecule has 0 saturated heterocycles. The molecule has 3 heteroatoms. The molecular formula is C13H17NO2. The highest BCUT2D eigenvalue weighted by molar-refractivity contribution is 5.83. The van der Waals surface area contributed by atoms with Crippen molar-refractivity contribution in [3.8, 4) is 5.75 Å². The lowest BCUT2D eigenvalue weighted by molar-refractivity contribution is 0.412. The molecule has 0 saturated carbocycles. The molecule has 1 aromatic carbocycles. The van der Waals surface area contributed by atoms with Crippen LogP contribution in [0.1, 0.15) is 19.4 Å². The van der Waals surface area contributed by atoms with Crippen molar-refractivity contribution in [3.63, 3.8) is 0 Å². The van der Waals surface area contributed by atoms with E-state index in [1.165, 1.54) is 6.07 Å². The second kappa shape index (κ2) is 5.35. The van der Waals surface area contributed by atoms with Crippen LogP contribution in [0.15, 0.2) is 29.2 Å². The molecule has 1 heterocycles. The number of fused-ring (bicyclic) bond motifs is 1. The number of pyridine rings is 1. The van der Waals surface area contributed by atoms with Crippen molar-refractivity contribution >= 4 is 10.9 Å². The van der Waals surface area contributed by atoms with Crippen LogP contribution in [-0.2, 0) is 0 Å². The number of nitrogens with one attached hydrogen (secondary N) is 1. The lowest BCUT2D eigenvalue weighted by Crippen LogP contribution is -2.01. The summed E-state index contributed by atoms with van der Waals surface area (Å²) in [7, 11) is 1.62. The smallest absolute Gasteiger partial charge is 0.189 e. The fourth-order valence-corrected chi connectivity index (χ4v) is 1.60. The molecule has 16 heavy (non-hydrogen) atoms. The van der Waals surface area contributed by atoms with E-state index in [-0.39, 0.29) is 5.43 Å². The Labute approximate surface area is 95.1 Å². The van der Waals surface area contributed by atoms with Gasteiger partial charge in [0.25, 0.3) is 0 Å². The lowest BCUT2D eigenvalue weighted by atomic mass is 10.1. The van der Waals surface area contributed by atoms with E-state index in [9.17, 15) is 4.79 Å². The lowest BCUT2D eigenvalue weighted by Gasteiger charge is -2.06. The van der Waals surface area contributed by atoms with Crippen LogP contribution < -0.4 is 10.2 Å². The first kappa shape index (κ1) is 12.3. The van der Waals surface area contributed by atoms with E-state index in [0.29, 0.717) is 5.39 Å². The zero-order valence-corrected chi connectivity index (χ0v) is 10.1. The molecule has 0 aliphatic rings. The van der Waals surface area contributed by atoms with E-state index >= 15 is 0 Å². The van der Waals surface area contributed by atoms with Crippen molar-refractivity contribution in [2.75, 3.05) is 7.11 Å². The highest BCUT2D eigenvalue weighted by Gasteiger charge is 2.05. The van der Waals surface area contributed by atoms with Crippen molar-refractivity contribution in [2.45, 2.75) is 20.8 Å². The Kier molecular flexibility index (Phi) is 4.11. The Morgan fingerprint density at radius 3 is 2.50 bits per heavy atom. The number of aromatic nitrogens is 1. The molecule has 0 radical (unpaired) electrons. The number of rotatable bonds is 1. The van der Waals surface area contributed by atoms with Gasteiger partial charge in [-0.2, -0.15) is 0 Å². The van der Waals surface area contributed by atoms with E-state index in [1.807, 2.05) is 26.8 Å². The van der Waals surface area contributed by atoms with E-state index in [0.717, 1.165) is 16.8 Å². The van der Waals surface area contributed by atoms with Crippen LogP contribution in [0, 0.1) is 6.92 Å². The van der Waals surface area contributed by atoms with Gasteiger partial charge in [0.1, 0.15) is 5.75 Å². The molecule has 0 atom stereocenters. The topological polar surface area (TPSA) is 42.1 Å². The molecule has 2 rings (SSSR count). The predicted molar refractivity (Wildman–Crippen MR) is 67.2 cm³/mol. The highest BCUT2D eigenvalue weighted by Crippen LogP contribution is 2.23. The van der Waals surface area contributed by atoms with Gasteiger partial charge in [-0.25, -0.2) is 0 Å². The Morgan fingerprint density at radius 2 is 1.88 bits per heavy atom. The summed E-state index contributed by atoms with van der Waals surface area (Å²) in [4.78, 5) is 14.5. The summed E-state index contributed by atoms with van der Waals surface area (Å²) >= 11 is 0. The molecule has 0 amide bonds. The van der Waals surface area contributed by atoms with Crippen LogP contribution in [-0.4, -0.2) is 12.1 Å². The summed E-state index contributed by atoms with van der Waals surface area (Å²) in [6.45, 7) is 5.93. The second-order valence-corrected chi connectivity index (χ2v) is 3.16. The number of benzene rings is 1. The summed E-state index contributed by atoms with van der Waals surface area (Å²) in [6, 6.07) is 5.11. The van der Waals surface area contributed by atoms with Gasteiger partial charge in [0, 0.05) is 23.2 Å². The number of methoxy groups -OCH3 is 1. The van der Waals surface area contributed by atoms with E-state index in [4.69, 9.17) is 4.74 Å². The van der Waals surface area contributed by atoms with Crippen LogP contribution in [0.2, 0.25) is 0 Å². The largest absolute Gasteiger partial charge is 0.496 e. The van der Waals surface area contributed by atoms with Crippen LogP contribution in [0.5, 0.6) is 5.75 Å². The highest BCUT2D eigenvalue weighted by atomic mass is 16.5.